The molecule has 0 saturated carbocycles. The fraction of sp³-hybridized carbons (Fsp3) is 0.486. The maximum atomic E-state index is 15.1. The number of alkyl halides is 3. The molecule has 3 aromatic heterocycles. The summed E-state index contributed by atoms with van der Waals surface area (Å²) in [5.74, 6) is -2.70. The van der Waals surface area contributed by atoms with Crippen LogP contribution in [0.25, 0.3) is 11.5 Å². The predicted octanol–water partition coefficient (Wildman–Crippen LogP) is 3.78. The highest BCUT2D eigenvalue weighted by Gasteiger charge is 2.51. The summed E-state index contributed by atoms with van der Waals surface area (Å²) in [6, 6.07) is 2.99. The van der Waals surface area contributed by atoms with Crippen molar-refractivity contribution in [1.82, 2.24) is 45.8 Å². The zero-order valence-electron chi connectivity index (χ0n) is 30.5. The number of H-pyrrole nitrogens is 1. The van der Waals surface area contributed by atoms with Crippen LogP contribution in [0.4, 0.5) is 43.8 Å². The number of carbonyl (C=O) groups excluding carboxylic acids is 3. The number of nitrogens with zero attached hydrogens (tertiary/aromatic N) is 9. The molecule has 21 heteroatoms. The van der Waals surface area contributed by atoms with Crippen molar-refractivity contribution in [3.05, 3.63) is 59.6 Å². The van der Waals surface area contributed by atoms with Crippen molar-refractivity contribution < 1.29 is 40.9 Å². The lowest BCUT2D eigenvalue weighted by Crippen LogP contribution is -2.50. The van der Waals surface area contributed by atoms with Crippen LogP contribution >= 0.6 is 0 Å². The molecular formula is C35H39F5N12O4. The van der Waals surface area contributed by atoms with Gasteiger partial charge in [0, 0.05) is 70.5 Å². The van der Waals surface area contributed by atoms with Crippen molar-refractivity contribution in [2.75, 3.05) is 67.1 Å². The first-order chi connectivity index (χ1) is 26.7. The van der Waals surface area contributed by atoms with E-state index in [9.17, 15) is 27.6 Å². The predicted molar refractivity (Wildman–Crippen MR) is 190 cm³/mol. The third kappa shape index (κ3) is 8.12. The number of nitrogens with one attached hydrogen (secondary N) is 3. The quantitative estimate of drug-likeness (QED) is 0.198. The smallest absolute Gasteiger partial charge is 0.369 e. The van der Waals surface area contributed by atoms with E-state index in [-0.39, 0.29) is 42.6 Å². The standard InChI is InChI=1S/C35H39F5N12O4/c1-34(2,35(38,39)40)32-44-27(46-47-32)18-43-31(54)26-15-25(48-56-26)30-41-16-22(17-42-30)50-6-3-20(4-7-50)19-49-9-11-51(12-10-49)21-13-23(36)29(24(37)14-21)52-8-5-28(53)45-33(52)55/h13-17,20H,3-12,18-19H2,1-2H3,(H,43,54)(H,44,46,47)(H,45,53,55). The number of hydrogen-bond acceptors (Lipinski definition) is 12. The van der Waals surface area contributed by atoms with Gasteiger partial charge < -0.3 is 19.6 Å². The molecule has 3 aliphatic rings. The van der Waals surface area contributed by atoms with E-state index in [4.69, 9.17) is 4.52 Å². The lowest BCUT2D eigenvalue weighted by atomic mass is 9.92. The van der Waals surface area contributed by atoms with E-state index in [0.29, 0.717) is 24.7 Å². The Morgan fingerprint density at radius 2 is 1.59 bits per heavy atom. The summed E-state index contributed by atoms with van der Waals surface area (Å²) in [5, 5.41) is 14.5. The molecule has 0 aliphatic carbocycles. The molecule has 3 saturated heterocycles. The highest BCUT2D eigenvalue weighted by atomic mass is 19.4. The van der Waals surface area contributed by atoms with Gasteiger partial charge in [0.2, 0.25) is 11.7 Å². The second kappa shape index (κ2) is 15.4. The van der Waals surface area contributed by atoms with Gasteiger partial charge in [-0.2, -0.15) is 18.3 Å². The Morgan fingerprint density at radius 3 is 2.23 bits per heavy atom. The molecule has 4 amide bonds. The Labute approximate surface area is 316 Å². The second-order valence-corrected chi connectivity index (χ2v) is 14.5. The van der Waals surface area contributed by atoms with Gasteiger partial charge in [-0.25, -0.2) is 28.5 Å². The highest BCUT2D eigenvalue weighted by molar-refractivity contribution is 6.05. The van der Waals surface area contributed by atoms with Gasteiger partial charge in [0.15, 0.2) is 29.0 Å². The van der Waals surface area contributed by atoms with E-state index in [1.807, 2.05) is 4.90 Å². The second-order valence-electron chi connectivity index (χ2n) is 14.5. The van der Waals surface area contributed by atoms with Crippen LogP contribution < -0.4 is 25.3 Å². The number of piperidine rings is 1. The summed E-state index contributed by atoms with van der Waals surface area (Å²) < 4.78 is 75.2. The van der Waals surface area contributed by atoms with Crippen LogP contribution in [0.1, 0.15) is 55.3 Å². The molecular weight excluding hydrogens is 747 g/mol. The number of anilines is 3. The molecule has 7 rings (SSSR count). The Kier molecular flexibility index (Phi) is 10.6. The van der Waals surface area contributed by atoms with Gasteiger partial charge in [-0.05, 0) is 44.7 Å². The van der Waals surface area contributed by atoms with Crippen LogP contribution in [0.15, 0.2) is 35.1 Å². The number of imide groups is 1. The van der Waals surface area contributed by atoms with Gasteiger partial charge in [-0.1, -0.05) is 5.16 Å². The topological polar surface area (TPSA) is 182 Å². The van der Waals surface area contributed by atoms with Crippen molar-refractivity contribution in [3.8, 4) is 11.5 Å². The number of hydrogen-bond donors (Lipinski definition) is 3. The van der Waals surface area contributed by atoms with Crippen LogP contribution in [0, 0.1) is 17.6 Å². The number of halogens is 5. The highest BCUT2D eigenvalue weighted by Crippen LogP contribution is 2.38. The van der Waals surface area contributed by atoms with E-state index >= 15 is 8.78 Å². The van der Waals surface area contributed by atoms with Gasteiger partial charge in [0.25, 0.3) is 5.91 Å². The SMILES string of the molecule is CC(C)(c1n[nH]c(CNC(=O)c2cc(-c3ncc(N4CCC(CN5CCN(c6cc(F)c(N7CCC(=O)NC7=O)c(F)c6)CC5)CC4)cn3)no2)n1)C(F)(F)F. The monoisotopic (exact) mass is 786 g/mol. The zero-order chi connectivity index (χ0) is 39.8. The molecule has 6 heterocycles. The average molecular weight is 787 g/mol. The fourth-order valence-corrected chi connectivity index (χ4v) is 6.83. The van der Waals surface area contributed by atoms with Gasteiger partial charge >= 0.3 is 12.2 Å². The molecule has 4 aromatic rings. The number of aromatic amines is 1. The van der Waals surface area contributed by atoms with E-state index in [1.165, 1.54) is 18.2 Å². The van der Waals surface area contributed by atoms with Crippen molar-refractivity contribution in [2.24, 2.45) is 5.92 Å². The Morgan fingerprint density at radius 1 is 0.929 bits per heavy atom. The molecule has 0 radical (unpaired) electrons. The molecule has 56 heavy (non-hydrogen) atoms. The number of carbonyl (C=O) groups is 3. The Hall–Kier alpha value is -5.73. The summed E-state index contributed by atoms with van der Waals surface area (Å²) >= 11 is 0. The Balaban J connectivity index is 0.851. The number of piperazine rings is 1. The van der Waals surface area contributed by atoms with Gasteiger partial charge in [0.05, 0.1) is 24.6 Å². The maximum absolute atomic E-state index is 15.1. The molecule has 0 atom stereocenters. The summed E-state index contributed by atoms with van der Waals surface area (Å²) in [6.07, 6.45) is 0.674. The van der Waals surface area contributed by atoms with Crippen LogP contribution in [0.2, 0.25) is 0 Å². The third-order valence-corrected chi connectivity index (χ3v) is 10.4. The molecule has 16 nitrogen and oxygen atoms in total. The molecule has 298 valence electrons. The molecule has 0 unspecified atom stereocenters. The van der Waals surface area contributed by atoms with Crippen LogP contribution in [-0.4, -0.2) is 112 Å². The molecule has 1 aromatic carbocycles. The maximum Gasteiger partial charge on any atom is 0.401 e. The summed E-state index contributed by atoms with van der Waals surface area (Å²) in [7, 11) is 0. The largest absolute Gasteiger partial charge is 0.401 e. The van der Waals surface area contributed by atoms with Crippen LogP contribution in [0.5, 0.6) is 0 Å². The molecule has 0 bridgehead atoms. The van der Waals surface area contributed by atoms with Crippen molar-refractivity contribution in [2.45, 2.75) is 51.2 Å². The minimum Gasteiger partial charge on any atom is -0.369 e. The van der Waals surface area contributed by atoms with Gasteiger partial charge in [0.1, 0.15) is 16.9 Å². The number of aromatic nitrogens is 6. The number of amides is 4. The van der Waals surface area contributed by atoms with Gasteiger partial charge in [-0.15, -0.1) is 0 Å². The fourth-order valence-electron chi connectivity index (χ4n) is 6.83. The summed E-state index contributed by atoms with van der Waals surface area (Å²) in [6.45, 7) is 6.77. The van der Waals surface area contributed by atoms with Crippen molar-refractivity contribution in [1.29, 1.82) is 0 Å². The number of urea groups is 1. The Bertz CT molecular complexity index is 2050. The van der Waals surface area contributed by atoms with Crippen molar-refractivity contribution in [3.63, 3.8) is 0 Å². The van der Waals surface area contributed by atoms with E-state index in [2.05, 4.69) is 50.7 Å². The number of rotatable bonds is 10. The lowest BCUT2D eigenvalue weighted by Gasteiger charge is -2.40. The summed E-state index contributed by atoms with van der Waals surface area (Å²) in [4.78, 5) is 56.3. The first kappa shape index (κ1) is 38.5. The lowest BCUT2D eigenvalue weighted by molar-refractivity contribution is -0.182. The molecule has 3 N–H and O–H groups in total. The van der Waals surface area contributed by atoms with Gasteiger partial charge in [-0.3, -0.25) is 29.8 Å². The molecule has 3 fully saturated rings. The first-order valence-corrected chi connectivity index (χ1v) is 18.0. The molecule has 3 aliphatic heterocycles. The van der Waals surface area contributed by atoms with Crippen LogP contribution in [0.3, 0.4) is 0 Å². The van der Waals surface area contributed by atoms with E-state index < -0.39 is 52.6 Å². The third-order valence-electron chi connectivity index (χ3n) is 10.4. The number of benzene rings is 1. The zero-order valence-corrected chi connectivity index (χ0v) is 30.5. The first-order valence-electron chi connectivity index (χ1n) is 18.0. The minimum atomic E-state index is -4.56. The molecule has 0 spiro atoms. The summed E-state index contributed by atoms with van der Waals surface area (Å²) in [5.41, 5.74) is -1.26. The minimum absolute atomic E-state index is 0.0354. The van der Waals surface area contributed by atoms with E-state index in [1.54, 1.807) is 12.4 Å². The van der Waals surface area contributed by atoms with Crippen molar-refractivity contribution >= 4 is 34.9 Å². The normalized spacial score (nSPS) is 17.7. The van der Waals surface area contributed by atoms with Crippen LogP contribution in [-0.2, 0) is 16.8 Å². The van der Waals surface area contributed by atoms with E-state index in [0.717, 1.165) is 70.0 Å². The average Bonchev–Trinajstić information content (AvgIpc) is 3.86.